The summed E-state index contributed by atoms with van der Waals surface area (Å²) in [6.45, 7) is 10.7. The van der Waals surface area contributed by atoms with Crippen LogP contribution in [0.4, 0.5) is 10.6 Å². The van der Waals surface area contributed by atoms with Gasteiger partial charge in [-0.2, -0.15) is 0 Å². The van der Waals surface area contributed by atoms with Gasteiger partial charge in [-0.05, 0) is 26.7 Å². The van der Waals surface area contributed by atoms with Crippen molar-refractivity contribution in [2.75, 3.05) is 36.8 Å². The van der Waals surface area contributed by atoms with Crippen LogP contribution in [0.2, 0.25) is 5.15 Å². The summed E-state index contributed by atoms with van der Waals surface area (Å²) in [4.78, 5) is 37.0. The van der Waals surface area contributed by atoms with Gasteiger partial charge in [0.25, 0.3) is 0 Å². The number of hydrogen-bond donors (Lipinski definition) is 2. The molecule has 0 saturated carbocycles. The van der Waals surface area contributed by atoms with Crippen molar-refractivity contribution in [1.82, 2.24) is 25.5 Å². The second-order valence-electron chi connectivity index (χ2n) is 7.22. The molecule has 0 aromatic carbocycles. The maximum Gasteiger partial charge on any atom is 0.317 e. The first-order valence-electron chi connectivity index (χ1n) is 10.1. The number of carbonyl (C=O) groups excluding carboxylic acids is 2. The van der Waals surface area contributed by atoms with Crippen molar-refractivity contribution in [3.8, 4) is 0 Å². The van der Waals surface area contributed by atoms with Crippen LogP contribution in [0.1, 0.15) is 40.5 Å². The van der Waals surface area contributed by atoms with E-state index in [1.165, 1.54) is 11.8 Å². The summed E-state index contributed by atoms with van der Waals surface area (Å²) < 4.78 is 0. The molecule has 0 radical (unpaired) electrons. The molecular weight excluding hydrogens is 412 g/mol. The summed E-state index contributed by atoms with van der Waals surface area (Å²) in [5.74, 6) is 0.913. The third-order valence-corrected chi connectivity index (χ3v) is 5.79. The molecule has 2 rings (SSSR count). The van der Waals surface area contributed by atoms with Gasteiger partial charge in [-0.25, -0.2) is 14.8 Å². The Hall–Kier alpha value is -1.74. The average Bonchev–Trinajstić information content (AvgIpc) is 2.69. The lowest BCUT2D eigenvalue weighted by Crippen LogP contribution is -2.56. The summed E-state index contributed by atoms with van der Waals surface area (Å²) in [5.41, 5.74) is 0. The number of thioether (sulfide) groups is 1. The molecule has 1 aliphatic rings. The van der Waals surface area contributed by atoms with Crippen LogP contribution in [-0.4, -0.2) is 70.8 Å². The fourth-order valence-corrected chi connectivity index (χ4v) is 3.85. The highest BCUT2D eigenvalue weighted by atomic mass is 35.5. The number of carbonyl (C=O) groups is 2. The molecule has 0 bridgehead atoms. The largest absolute Gasteiger partial charge is 0.353 e. The van der Waals surface area contributed by atoms with Crippen molar-refractivity contribution in [3.63, 3.8) is 0 Å². The van der Waals surface area contributed by atoms with Crippen LogP contribution < -0.4 is 15.5 Å². The molecule has 2 atom stereocenters. The number of anilines is 1. The van der Waals surface area contributed by atoms with Gasteiger partial charge in [-0.1, -0.05) is 37.2 Å². The van der Waals surface area contributed by atoms with E-state index in [1.54, 1.807) is 6.07 Å². The van der Waals surface area contributed by atoms with E-state index in [9.17, 15) is 9.59 Å². The summed E-state index contributed by atoms with van der Waals surface area (Å²) in [6, 6.07) is 1.89. The van der Waals surface area contributed by atoms with Gasteiger partial charge in [0.15, 0.2) is 5.16 Å². The summed E-state index contributed by atoms with van der Waals surface area (Å²) >= 11 is 7.47. The van der Waals surface area contributed by atoms with Gasteiger partial charge >= 0.3 is 6.03 Å². The number of nitrogens with zero attached hydrogens (tertiary/aromatic N) is 4. The molecule has 1 fully saturated rings. The van der Waals surface area contributed by atoms with Crippen molar-refractivity contribution in [2.45, 2.75) is 57.8 Å². The smallest absolute Gasteiger partial charge is 0.317 e. The van der Waals surface area contributed by atoms with Crippen LogP contribution in [-0.2, 0) is 4.79 Å². The Morgan fingerprint density at radius 3 is 2.76 bits per heavy atom. The Balaban J connectivity index is 1.97. The van der Waals surface area contributed by atoms with Crippen molar-refractivity contribution in [2.24, 2.45) is 0 Å². The van der Waals surface area contributed by atoms with Crippen molar-refractivity contribution >= 4 is 41.1 Å². The molecule has 1 aromatic heterocycles. The standard InChI is InChI=1S/C19H31ClN6O2S/c1-5-7-21-19(28)26-9-8-25(11-14(26)4)16-10-15(20)23-18(24-16)29-12-17(27)22-13(3)6-2/h10,13-14H,5-9,11-12H2,1-4H3,(H,21,28)(H,22,27). The molecule has 1 saturated heterocycles. The zero-order chi connectivity index (χ0) is 21.4. The number of halogens is 1. The maximum atomic E-state index is 12.3. The minimum atomic E-state index is -0.0465. The summed E-state index contributed by atoms with van der Waals surface area (Å²) in [5, 5.41) is 6.67. The molecule has 3 amide bonds. The Bertz CT molecular complexity index is 707. The molecule has 162 valence electrons. The first kappa shape index (κ1) is 23.5. The number of aromatic nitrogens is 2. The van der Waals surface area contributed by atoms with Crippen LogP contribution in [0, 0.1) is 0 Å². The quantitative estimate of drug-likeness (QED) is 0.365. The second kappa shape index (κ2) is 11.4. The van der Waals surface area contributed by atoms with Gasteiger partial charge in [-0.3, -0.25) is 4.79 Å². The molecular formula is C19H31ClN6O2S. The van der Waals surface area contributed by atoms with Gasteiger partial charge in [-0.15, -0.1) is 0 Å². The first-order valence-corrected chi connectivity index (χ1v) is 11.5. The number of piperazine rings is 1. The first-order chi connectivity index (χ1) is 13.8. The highest BCUT2D eigenvalue weighted by Gasteiger charge is 2.28. The van der Waals surface area contributed by atoms with Crippen LogP contribution in [0.5, 0.6) is 0 Å². The van der Waals surface area contributed by atoms with E-state index < -0.39 is 0 Å². The topological polar surface area (TPSA) is 90.5 Å². The molecule has 2 N–H and O–H groups in total. The average molecular weight is 443 g/mol. The highest BCUT2D eigenvalue weighted by Crippen LogP contribution is 2.24. The van der Waals surface area contributed by atoms with Gasteiger partial charge in [0.05, 0.1) is 5.75 Å². The Morgan fingerprint density at radius 1 is 1.34 bits per heavy atom. The molecule has 10 heteroatoms. The molecule has 1 aromatic rings. The van der Waals surface area contributed by atoms with Crippen LogP contribution in [0.25, 0.3) is 0 Å². The lowest BCUT2D eigenvalue weighted by Gasteiger charge is -2.40. The molecule has 8 nitrogen and oxygen atoms in total. The lowest BCUT2D eigenvalue weighted by atomic mass is 10.2. The van der Waals surface area contributed by atoms with Gasteiger partial charge in [0.2, 0.25) is 5.91 Å². The predicted octanol–water partition coefficient (Wildman–Crippen LogP) is 2.77. The number of nitrogens with one attached hydrogen (secondary N) is 2. The molecule has 2 unspecified atom stereocenters. The molecule has 0 spiro atoms. The van der Waals surface area contributed by atoms with E-state index in [0.29, 0.717) is 36.5 Å². The minimum Gasteiger partial charge on any atom is -0.353 e. The lowest BCUT2D eigenvalue weighted by molar-refractivity contribution is -0.119. The molecule has 1 aliphatic heterocycles. The fraction of sp³-hybridized carbons (Fsp3) is 0.684. The van der Waals surface area contributed by atoms with Crippen molar-refractivity contribution < 1.29 is 9.59 Å². The molecule has 0 aliphatic carbocycles. The SMILES string of the molecule is CCCNC(=O)N1CCN(c2cc(Cl)nc(SCC(=O)NC(C)CC)n2)CC1C. The monoisotopic (exact) mass is 442 g/mol. The number of urea groups is 1. The second-order valence-corrected chi connectivity index (χ2v) is 8.55. The van der Waals surface area contributed by atoms with Crippen molar-refractivity contribution in [3.05, 3.63) is 11.2 Å². The van der Waals surface area contributed by atoms with E-state index >= 15 is 0 Å². The number of amides is 3. The normalized spacial score (nSPS) is 17.8. The Labute approximate surface area is 182 Å². The van der Waals surface area contributed by atoms with Crippen LogP contribution in [0.15, 0.2) is 11.2 Å². The zero-order valence-corrected chi connectivity index (χ0v) is 19.1. The van der Waals surface area contributed by atoms with Crippen LogP contribution >= 0.6 is 23.4 Å². The number of hydrogen-bond acceptors (Lipinski definition) is 6. The minimum absolute atomic E-state index is 0.0247. The van der Waals surface area contributed by atoms with E-state index in [4.69, 9.17) is 11.6 Å². The summed E-state index contributed by atoms with van der Waals surface area (Å²) in [6.07, 6.45) is 1.80. The Kier molecular flexibility index (Phi) is 9.29. The van der Waals surface area contributed by atoms with E-state index in [2.05, 4.69) is 25.5 Å². The van der Waals surface area contributed by atoms with Crippen molar-refractivity contribution in [1.29, 1.82) is 0 Å². The van der Waals surface area contributed by atoms with Gasteiger partial charge in [0, 0.05) is 44.3 Å². The van der Waals surface area contributed by atoms with Gasteiger partial charge < -0.3 is 20.4 Å². The van der Waals surface area contributed by atoms with Gasteiger partial charge in [0.1, 0.15) is 11.0 Å². The Morgan fingerprint density at radius 2 is 2.10 bits per heavy atom. The fourth-order valence-electron chi connectivity index (χ4n) is 2.96. The maximum absolute atomic E-state index is 12.3. The van der Waals surface area contributed by atoms with Crippen LogP contribution in [0.3, 0.4) is 0 Å². The highest BCUT2D eigenvalue weighted by molar-refractivity contribution is 7.99. The molecule has 29 heavy (non-hydrogen) atoms. The molecule has 2 heterocycles. The zero-order valence-electron chi connectivity index (χ0n) is 17.6. The third-order valence-electron chi connectivity index (χ3n) is 4.75. The van der Waals surface area contributed by atoms with E-state index in [-0.39, 0.29) is 29.8 Å². The van der Waals surface area contributed by atoms with E-state index in [0.717, 1.165) is 18.7 Å². The van der Waals surface area contributed by atoms with E-state index in [1.807, 2.05) is 32.6 Å². The third kappa shape index (κ3) is 7.22. The number of rotatable bonds is 8. The summed E-state index contributed by atoms with van der Waals surface area (Å²) in [7, 11) is 0. The predicted molar refractivity (Wildman–Crippen MR) is 118 cm³/mol.